The lowest BCUT2D eigenvalue weighted by molar-refractivity contribution is 0.172. The molecule has 1 aliphatic heterocycles. The Balaban J connectivity index is 2.22. The van der Waals surface area contributed by atoms with Crippen LogP contribution < -0.4 is 15.2 Å². The van der Waals surface area contributed by atoms with Gasteiger partial charge >= 0.3 is 0 Å². The molecule has 1 fully saturated rings. The van der Waals surface area contributed by atoms with Crippen molar-refractivity contribution in [3.05, 3.63) is 22.8 Å². The normalized spacial score (nSPS) is 21.4. The average molecular weight is 233 g/mol. The van der Waals surface area contributed by atoms with Crippen LogP contribution in [0.3, 0.4) is 0 Å². The van der Waals surface area contributed by atoms with E-state index in [1.165, 1.54) is 16.7 Å². The van der Waals surface area contributed by atoms with Gasteiger partial charge in [-0.25, -0.2) is 0 Å². The zero-order valence-electron chi connectivity index (χ0n) is 10.7. The third-order valence-corrected chi connectivity index (χ3v) is 4.34. The highest BCUT2D eigenvalue weighted by atomic mass is 16.7. The second-order valence-electron chi connectivity index (χ2n) is 5.37. The van der Waals surface area contributed by atoms with Crippen LogP contribution in [0.2, 0.25) is 0 Å². The molecule has 0 aromatic heterocycles. The summed E-state index contributed by atoms with van der Waals surface area (Å²) in [4.78, 5) is 0. The summed E-state index contributed by atoms with van der Waals surface area (Å²) in [6, 6.07) is 2.23. The van der Waals surface area contributed by atoms with E-state index in [0.29, 0.717) is 6.79 Å². The molecule has 1 heterocycles. The van der Waals surface area contributed by atoms with Gasteiger partial charge in [0.15, 0.2) is 11.5 Å². The second-order valence-corrected chi connectivity index (χ2v) is 5.37. The third-order valence-electron chi connectivity index (χ3n) is 4.34. The zero-order chi connectivity index (χ0) is 12.2. The Labute approximate surface area is 102 Å². The summed E-state index contributed by atoms with van der Waals surface area (Å²) in [5.74, 6) is 1.82. The van der Waals surface area contributed by atoms with Crippen LogP contribution in [0.25, 0.3) is 0 Å². The molecule has 0 amide bonds. The van der Waals surface area contributed by atoms with Gasteiger partial charge in [0.25, 0.3) is 0 Å². The molecule has 17 heavy (non-hydrogen) atoms. The molecule has 92 valence electrons. The third kappa shape index (κ3) is 1.38. The molecular weight excluding hydrogens is 214 g/mol. The molecule has 1 atom stereocenters. The van der Waals surface area contributed by atoms with Gasteiger partial charge in [0.1, 0.15) is 0 Å². The molecular formula is C14H19NO2. The van der Waals surface area contributed by atoms with Crippen molar-refractivity contribution in [3.63, 3.8) is 0 Å². The van der Waals surface area contributed by atoms with Crippen molar-refractivity contribution >= 4 is 0 Å². The Hall–Kier alpha value is -1.22. The number of hydrogen-bond acceptors (Lipinski definition) is 3. The SMILES string of the molecule is Cc1cc2c(c(C3(C(C)N)CC3)c1C)OCO2. The molecule has 1 aromatic rings. The Kier molecular flexibility index (Phi) is 2.17. The van der Waals surface area contributed by atoms with Crippen molar-refractivity contribution in [3.8, 4) is 11.5 Å². The van der Waals surface area contributed by atoms with E-state index in [2.05, 4.69) is 26.8 Å². The number of hydrogen-bond donors (Lipinski definition) is 1. The smallest absolute Gasteiger partial charge is 0.231 e. The van der Waals surface area contributed by atoms with Crippen LogP contribution in [0, 0.1) is 13.8 Å². The largest absolute Gasteiger partial charge is 0.454 e. The van der Waals surface area contributed by atoms with Crippen LogP contribution in [0.4, 0.5) is 0 Å². The van der Waals surface area contributed by atoms with Gasteiger partial charge in [-0.15, -0.1) is 0 Å². The highest BCUT2D eigenvalue weighted by molar-refractivity contribution is 5.60. The van der Waals surface area contributed by atoms with Crippen LogP contribution in [-0.4, -0.2) is 12.8 Å². The summed E-state index contributed by atoms with van der Waals surface area (Å²) in [5, 5.41) is 0. The minimum atomic E-state index is 0.119. The van der Waals surface area contributed by atoms with E-state index in [4.69, 9.17) is 15.2 Å². The standard InChI is InChI=1S/C14H19NO2/c1-8-6-11-13(17-7-16-11)12(9(8)2)14(4-5-14)10(3)15/h6,10H,4-5,7,15H2,1-3H3. The van der Waals surface area contributed by atoms with Gasteiger partial charge in [0.05, 0.1) is 0 Å². The maximum Gasteiger partial charge on any atom is 0.231 e. The molecule has 1 aromatic carbocycles. The van der Waals surface area contributed by atoms with Crippen LogP contribution in [0.5, 0.6) is 11.5 Å². The molecule has 0 spiro atoms. The Morgan fingerprint density at radius 2 is 2.00 bits per heavy atom. The quantitative estimate of drug-likeness (QED) is 0.853. The van der Waals surface area contributed by atoms with Crippen LogP contribution in [0.15, 0.2) is 6.07 Å². The van der Waals surface area contributed by atoms with Crippen molar-refractivity contribution in [2.45, 2.75) is 45.1 Å². The van der Waals surface area contributed by atoms with Crippen LogP contribution in [-0.2, 0) is 5.41 Å². The molecule has 3 rings (SSSR count). The van der Waals surface area contributed by atoms with Crippen molar-refractivity contribution in [2.75, 3.05) is 6.79 Å². The fourth-order valence-corrected chi connectivity index (χ4v) is 2.93. The Morgan fingerprint density at radius 3 is 2.59 bits per heavy atom. The van der Waals surface area contributed by atoms with Gasteiger partial charge in [-0.1, -0.05) is 0 Å². The molecule has 1 unspecified atom stereocenters. The number of nitrogens with two attached hydrogens (primary N) is 1. The summed E-state index contributed by atoms with van der Waals surface area (Å²) < 4.78 is 11.2. The second kappa shape index (κ2) is 3.39. The summed E-state index contributed by atoms with van der Waals surface area (Å²) in [6.07, 6.45) is 2.32. The first-order valence-electron chi connectivity index (χ1n) is 6.22. The number of benzene rings is 1. The number of rotatable bonds is 2. The Bertz CT molecular complexity index is 476. The lowest BCUT2D eigenvalue weighted by atomic mass is 9.84. The molecule has 1 aliphatic carbocycles. The highest BCUT2D eigenvalue weighted by Gasteiger charge is 2.51. The zero-order valence-corrected chi connectivity index (χ0v) is 10.7. The molecule has 0 radical (unpaired) electrons. The van der Waals surface area contributed by atoms with E-state index < -0.39 is 0 Å². The lowest BCUT2D eigenvalue weighted by Gasteiger charge is -2.24. The first kappa shape index (κ1) is 10.9. The predicted octanol–water partition coefficient (Wildman–Crippen LogP) is 2.41. The van der Waals surface area contributed by atoms with E-state index in [1.807, 2.05) is 0 Å². The molecule has 0 saturated heterocycles. The molecule has 1 saturated carbocycles. The predicted molar refractivity (Wildman–Crippen MR) is 66.6 cm³/mol. The highest BCUT2D eigenvalue weighted by Crippen LogP contribution is 2.57. The first-order valence-corrected chi connectivity index (χ1v) is 6.22. The molecule has 3 heteroatoms. The maximum atomic E-state index is 6.18. The summed E-state index contributed by atoms with van der Waals surface area (Å²) in [6.45, 7) is 6.71. The van der Waals surface area contributed by atoms with E-state index in [-0.39, 0.29) is 11.5 Å². The number of ether oxygens (including phenoxy) is 2. The summed E-state index contributed by atoms with van der Waals surface area (Å²) in [7, 11) is 0. The first-order chi connectivity index (χ1) is 8.06. The minimum Gasteiger partial charge on any atom is -0.454 e. The van der Waals surface area contributed by atoms with Crippen molar-refractivity contribution < 1.29 is 9.47 Å². The van der Waals surface area contributed by atoms with E-state index in [0.717, 1.165) is 24.3 Å². The van der Waals surface area contributed by atoms with E-state index >= 15 is 0 Å². The number of aryl methyl sites for hydroxylation is 1. The van der Waals surface area contributed by atoms with Gasteiger partial charge in [0.2, 0.25) is 6.79 Å². The maximum absolute atomic E-state index is 6.18. The molecule has 2 N–H and O–H groups in total. The number of fused-ring (bicyclic) bond motifs is 1. The van der Waals surface area contributed by atoms with Gasteiger partial charge < -0.3 is 15.2 Å². The van der Waals surface area contributed by atoms with Crippen LogP contribution >= 0.6 is 0 Å². The van der Waals surface area contributed by atoms with Gasteiger partial charge in [-0.05, 0) is 50.8 Å². The van der Waals surface area contributed by atoms with E-state index in [9.17, 15) is 0 Å². The topological polar surface area (TPSA) is 44.5 Å². The summed E-state index contributed by atoms with van der Waals surface area (Å²) in [5.41, 5.74) is 10.2. The monoisotopic (exact) mass is 233 g/mol. The van der Waals surface area contributed by atoms with Crippen molar-refractivity contribution in [1.82, 2.24) is 0 Å². The fraction of sp³-hybridized carbons (Fsp3) is 0.571. The Morgan fingerprint density at radius 1 is 1.29 bits per heavy atom. The van der Waals surface area contributed by atoms with Gasteiger partial charge in [-0.3, -0.25) is 0 Å². The average Bonchev–Trinajstić information content (AvgIpc) is 2.95. The van der Waals surface area contributed by atoms with Gasteiger partial charge in [-0.2, -0.15) is 0 Å². The van der Waals surface area contributed by atoms with Crippen LogP contribution in [0.1, 0.15) is 36.5 Å². The molecule has 2 aliphatic rings. The van der Waals surface area contributed by atoms with Crippen molar-refractivity contribution in [2.24, 2.45) is 5.73 Å². The minimum absolute atomic E-state index is 0.119. The lowest BCUT2D eigenvalue weighted by Crippen LogP contribution is -2.32. The van der Waals surface area contributed by atoms with Gasteiger partial charge in [0, 0.05) is 17.0 Å². The summed E-state index contributed by atoms with van der Waals surface area (Å²) >= 11 is 0. The fourth-order valence-electron chi connectivity index (χ4n) is 2.93. The molecule has 3 nitrogen and oxygen atoms in total. The van der Waals surface area contributed by atoms with E-state index in [1.54, 1.807) is 0 Å². The molecule has 0 bridgehead atoms. The van der Waals surface area contributed by atoms with Crippen molar-refractivity contribution in [1.29, 1.82) is 0 Å².